The first kappa shape index (κ1) is 21.1. The smallest absolute Gasteiger partial charge is 0.410 e. The van der Waals surface area contributed by atoms with Gasteiger partial charge in [0.15, 0.2) is 5.82 Å². The lowest BCUT2D eigenvalue weighted by molar-refractivity contribution is -0.144. The Morgan fingerprint density at radius 3 is 2.59 bits per heavy atom. The van der Waals surface area contributed by atoms with Gasteiger partial charge in [-0.15, -0.1) is 0 Å². The van der Waals surface area contributed by atoms with E-state index in [1.54, 1.807) is 25.7 Å². The number of aromatic nitrogens is 3. The van der Waals surface area contributed by atoms with Crippen LogP contribution in [0.5, 0.6) is 0 Å². The molecule has 0 radical (unpaired) electrons. The molecule has 160 valence electrons. The number of hydrogen-bond donors (Lipinski definition) is 1. The fourth-order valence-corrected chi connectivity index (χ4v) is 3.58. The number of hydrogen-bond acceptors (Lipinski definition) is 6. The molecule has 0 spiro atoms. The number of piperazine rings is 1. The summed E-state index contributed by atoms with van der Waals surface area (Å²) in [5.41, 5.74) is -0.611. The summed E-state index contributed by atoms with van der Waals surface area (Å²) >= 11 is 0. The number of carbonyl (C=O) groups is 3. The number of nitrogens with zero attached hydrogens (tertiary/aromatic N) is 5. The van der Waals surface area contributed by atoms with E-state index in [1.165, 1.54) is 9.80 Å². The van der Waals surface area contributed by atoms with E-state index < -0.39 is 11.7 Å². The Morgan fingerprint density at radius 2 is 1.97 bits per heavy atom. The number of rotatable bonds is 3. The molecule has 1 atom stereocenters. The van der Waals surface area contributed by atoms with Gasteiger partial charge in [-0.2, -0.15) is 5.10 Å². The summed E-state index contributed by atoms with van der Waals surface area (Å²) in [4.78, 5) is 46.5. The zero-order chi connectivity index (χ0) is 21.2. The molecule has 1 aromatic rings. The summed E-state index contributed by atoms with van der Waals surface area (Å²) in [6, 6.07) is 0. The molecule has 1 N–H and O–H groups in total. The minimum absolute atomic E-state index is 0.0285. The predicted molar refractivity (Wildman–Crippen MR) is 104 cm³/mol. The van der Waals surface area contributed by atoms with Crippen LogP contribution >= 0.6 is 0 Å². The van der Waals surface area contributed by atoms with Crippen molar-refractivity contribution in [1.29, 1.82) is 0 Å². The summed E-state index contributed by atoms with van der Waals surface area (Å²) in [7, 11) is 0. The van der Waals surface area contributed by atoms with Crippen LogP contribution in [0, 0.1) is 6.92 Å². The first-order valence-electron chi connectivity index (χ1n) is 10.0. The molecule has 2 fully saturated rings. The van der Waals surface area contributed by atoms with Gasteiger partial charge in [-0.05, 0) is 40.5 Å². The predicted octanol–water partition coefficient (Wildman–Crippen LogP) is 0.898. The van der Waals surface area contributed by atoms with Crippen LogP contribution in [0.15, 0.2) is 0 Å². The number of amides is 3. The Labute approximate surface area is 170 Å². The second-order valence-electron chi connectivity index (χ2n) is 8.68. The van der Waals surface area contributed by atoms with E-state index in [0.717, 1.165) is 24.5 Å². The summed E-state index contributed by atoms with van der Waals surface area (Å²) in [6.07, 6.45) is 1.32. The third-order valence-electron chi connectivity index (χ3n) is 5.05. The summed E-state index contributed by atoms with van der Waals surface area (Å²) in [6.45, 7) is 9.07. The monoisotopic (exact) mass is 406 g/mol. The Balaban J connectivity index is 1.52. The molecule has 0 aromatic carbocycles. The normalized spacial score (nSPS) is 20.8. The SMILES string of the molecule is Cc1nc(C2CCCN(C(=O)CN3CCN(C(=O)OC(C)(C)C)CC3=O)C2)n[nH]1. The third kappa shape index (κ3) is 5.45. The van der Waals surface area contributed by atoms with Crippen molar-refractivity contribution in [2.45, 2.75) is 52.1 Å². The van der Waals surface area contributed by atoms with Crippen molar-refractivity contribution in [1.82, 2.24) is 29.9 Å². The Bertz CT molecular complexity index is 771. The van der Waals surface area contributed by atoms with Crippen LogP contribution in [0.25, 0.3) is 0 Å². The van der Waals surface area contributed by atoms with Crippen LogP contribution in [0.1, 0.15) is 51.2 Å². The highest BCUT2D eigenvalue weighted by molar-refractivity contribution is 5.88. The van der Waals surface area contributed by atoms with Gasteiger partial charge in [-0.3, -0.25) is 19.6 Å². The fourth-order valence-electron chi connectivity index (χ4n) is 3.58. The van der Waals surface area contributed by atoms with Crippen molar-refractivity contribution in [2.75, 3.05) is 39.3 Å². The number of piperidine rings is 1. The van der Waals surface area contributed by atoms with E-state index in [-0.39, 0.29) is 30.8 Å². The number of likely N-dealkylation sites (tertiary alicyclic amines) is 1. The molecular formula is C19H30N6O4. The van der Waals surface area contributed by atoms with E-state index in [2.05, 4.69) is 15.2 Å². The highest BCUT2D eigenvalue weighted by atomic mass is 16.6. The standard InChI is InChI=1S/C19H30N6O4/c1-13-20-17(22-21-13)14-6-5-7-23(10-14)15(26)11-24-8-9-25(12-16(24)27)18(28)29-19(2,3)4/h14H,5-12H2,1-4H3,(H,20,21,22). The number of aryl methyl sites for hydroxylation is 1. The quantitative estimate of drug-likeness (QED) is 0.798. The first-order chi connectivity index (χ1) is 13.6. The molecule has 2 aliphatic heterocycles. The average Bonchev–Trinajstić information content (AvgIpc) is 3.08. The minimum atomic E-state index is -0.611. The second kappa shape index (κ2) is 8.38. The van der Waals surface area contributed by atoms with Gasteiger partial charge in [-0.1, -0.05) is 0 Å². The lowest BCUT2D eigenvalue weighted by atomic mass is 9.97. The van der Waals surface area contributed by atoms with E-state index in [0.29, 0.717) is 26.2 Å². The van der Waals surface area contributed by atoms with E-state index in [1.807, 2.05) is 6.92 Å². The lowest BCUT2D eigenvalue weighted by Crippen LogP contribution is -2.55. The molecule has 3 rings (SSSR count). The van der Waals surface area contributed by atoms with E-state index >= 15 is 0 Å². The van der Waals surface area contributed by atoms with Crippen LogP contribution in [-0.4, -0.2) is 92.7 Å². The zero-order valence-electron chi connectivity index (χ0n) is 17.6. The van der Waals surface area contributed by atoms with Gasteiger partial charge < -0.3 is 14.5 Å². The summed E-state index contributed by atoms with van der Waals surface area (Å²) in [5, 5.41) is 7.07. The van der Waals surface area contributed by atoms with Gasteiger partial charge >= 0.3 is 6.09 Å². The molecule has 29 heavy (non-hydrogen) atoms. The van der Waals surface area contributed by atoms with E-state index in [9.17, 15) is 14.4 Å². The largest absolute Gasteiger partial charge is 0.444 e. The maximum atomic E-state index is 12.8. The topological polar surface area (TPSA) is 112 Å². The molecular weight excluding hydrogens is 376 g/mol. The Morgan fingerprint density at radius 1 is 1.21 bits per heavy atom. The number of carbonyl (C=O) groups excluding carboxylic acids is 3. The van der Waals surface area contributed by atoms with Gasteiger partial charge in [0.05, 0.1) is 6.54 Å². The van der Waals surface area contributed by atoms with Gasteiger partial charge in [0.25, 0.3) is 0 Å². The van der Waals surface area contributed by atoms with Crippen molar-refractivity contribution >= 4 is 17.9 Å². The number of nitrogens with one attached hydrogen (secondary N) is 1. The highest BCUT2D eigenvalue weighted by Gasteiger charge is 2.33. The second-order valence-corrected chi connectivity index (χ2v) is 8.68. The van der Waals surface area contributed by atoms with Crippen molar-refractivity contribution in [3.8, 4) is 0 Å². The van der Waals surface area contributed by atoms with Crippen LogP contribution in [-0.2, 0) is 14.3 Å². The molecule has 3 heterocycles. The number of H-pyrrole nitrogens is 1. The molecule has 0 bridgehead atoms. The molecule has 1 unspecified atom stereocenters. The summed E-state index contributed by atoms with van der Waals surface area (Å²) < 4.78 is 5.32. The van der Waals surface area contributed by atoms with Gasteiger partial charge in [0, 0.05) is 32.1 Å². The van der Waals surface area contributed by atoms with Crippen molar-refractivity contribution in [2.24, 2.45) is 0 Å². The fraction of sp³-hybridized carbons (Fsp3) is 0.737. The maximum Gasteiger partial charge on any atom is 0.410 e. The van der Waals surface area contributed by atoms with Gasteiger partial charge in [0.2, 0.25) is 11.8 Å². The molecule has 0 aliphatic carbocycles. The molecule has 10 nitrogen and oxygen atoms in total. The van der Waals surface area contributed by atoms with Gasteiger partial charge in [-0.25, -0.2) is 9.78 Å². The van der Waals surface area contributed by atoms with Crippen molar-refractivity contribution in [3.05, 3.63) is 11.6 Å². The van der Waals surface area contributed by atoms with E-state index in [4.69, 9.17) is 4.74 Å². The molecule has 0 saturated carbocycles. The van der Waals surface area contributed by atoms with Crippen LogP contribution in [0.3, 0.4) is 0 Å². The average molecular weight is 406 g/mol. The Hall–Kier alpha value is -2.65. The van der Waals surface area contributed by atoms with Crippen molar-refractivity contribution < 1.29 is 19.1 Å². The first-order valence-corrected chi connectivity index (χ1v) is 10.0. The molecule has 1 aromatic heterocycles. The van der Waals surface area contributed by atoms with Crippen molar-refractivity contribution in [3.63, 3.8) is 0 Å². The van der Waals surface area contributed by atoms with Gasteiger partial charge in [0.1, 0.15) is 18.0 Å². The van der Waals surface area contributed by atoms with Crippen LogP contribution in [0.2, 0.25) is 0 Å². The molecule has 3 amide bonds. The zero-order valence-corrected chi connectivity index (χ0v) is 17.6. The molecule has 2 saturated heterocycles. The lowest BCUT2D eigenvalue weighted by Gasteiger charge is -2.37. The third-order valence-corrected chi connectivity index (χ3v) is 5.05. The number of ether oxygens (including phenoxy) is 1. The molecule has 10 heteroatoms. The highest BCUT2D eigenvalue weighted by Crippen LogP contribution is 2.24. The summed E-state index contributed by atoms with van der Waals surface area (Å²) in [5.74, 6) is 1.28. The maximum absolute atomic E-state index is 12.8. The number of aromatic amines is 1. The minimum Gasteiger partial charge on any atom is -0.444 e. The van der Waals surface area contributed by atoms with Crippen LogP contribution < -0.4 is 0 Å². The van der Waals surface area contributed by atoms with Crippen LogP contribution in [0.4, 0.5) is 4.79 Å². The Kier molecular flexibility index (Phi) is 6.09. The molecule has 2 aliphatic rings.